The predicted octanol–water partition coefficient (Wildman–Crippen LogP) is 6.52. The lowest BCUT2D eigenvalue weighted by Crippen LogP contribution is -2.26. The van der Waals surface area contributed by atoms with Gasteiger partial charge in [0.2, 0.25) is 0 Å². The number of hydrogen-bond acceptors (Lipinski definition) is 5. The predicted molar refractivity (Wildman–Crippen MR) is 137 cm³/mol. The van der Waals surface area contributed by atoms with Crippen molar-refractivity contribution in [2.75, 3.05) is 0 Å². The molecule has 5 rings (SSSR count). The Balaban J connectivity index is 1.55. The van der Waals surface area contributed by atoms with Gasteiger partial charge in [-0.1, -0.05) is 62.2 Å². The summed E-state index contributed by atoms with van der Waals surface area (Å²) in [5.74, 6) is -0.649. The van der Waals surface area contributed by atoms with E-state index in [-0.39, 0.29) is 17.6 Å². The molecular weight excluding hydrogens is 458 g/mol. The number of aromatic nitrogens is 3. The summed E-state index contributed by atoms with van der Waals surface area (Å²) in [6, 6.07) is 20.0. The first-order chi connectivity index (χ1) is 16.9. The largest absolute Gasteiger partial charge is 0.505 e. The van der Waals surface area contributed by atoms with Gasteiger partial charge >= 0.3 is 5.97 Å². The van der Waals surface area contributed by atoms with Crippen LogP contribution in [0.3, 0.4) is 0 Å². The topological polar surface area (TPSA) is 88.2 Å². The molecule has 7 heteroatoms. The molecule has 3 aromatic carbocycles. The van der Waals surface area contributed by atoms with Crippen LogP contribution in [0.2, 0.25) is 0 Å². The number of nitrogens with zero attached hydrogens (tertiary/aromatic N) is 3. The Morgan fingerprint density at radius 3 is 2.46 bits per heavy atom. The average Bonchev–Trinajstić information content (AvgIpc) is 3.27. The van der Waals surface area contributed by atoms with E-state index in [2.05, 4.69) is 24.2 Å². The molecule has 0 bridgehead atoms. The highest BCUT2D eigenvalue weighted by molar-refractivity contribution is 7.99. The van der Waals surface area contributed by atoms with E-state index in [1.54, 1.807) is 11.8 Å². The summed E-state index contributed by atoms with van der Waals surface area (Å²) in [4.78, 5) is 14.9. The third-order valence-corrected chi connectivity index (χ3v) is 7.93. The van der Waals surface area contributed by atoms with Crippen molar-refractivity contribution < 1.29 is 15.0 Å². The van der Waals surface area contributed by atoms with Gasteiger partial charge in [0.1, 0.15) is 22.5 Å². The van der Waals surface area contributed by atoms with Gasteiger partial charge in [0.05, 0.1) is 0 Å². The quantitative estimate of drug-likeness (QED) is 0.309. The Bertz CT molecular complexity index is 1360. The summed E-state index contributed by atoms with van der Waals surface area (Å²) in [5.41, 5.74) is 3.58. The van der Waals surface area contributed by atoms with Crippen LogP contribution in [0, 0.1) is 0 Å². The lowest BCUT2D eigenvalue weighted by atomic mass is 9.70. The zero-order chi connectivity index (χ0) is 24.4. The maximum absolute atomic E-state index is 11.4. The first kappa shape index (κ1) is 23.4. The molecule has 35 heavy (non-hydrogen) atoms. The molecule has 1 aliphatic rings. The van der Waals surface area contributed by atoms with Crippen molar-refractivity contribution in [3.8, 4) is 11.4 Å². The van der Waals surface area contributed by atoms with Crippen LogP contribution in [-0.2, 0) is 16.6 Å². The highest BCUT2D eigenvalue weighted by Crippen LogP contribution is 2.45. The number of carboxylic acid groups (broad SMARTS) is 1. The number of phenolic OH excluding ortho intramolecular Hbond substituents is 1. The fraction of sp³-hybridized carbons (Fsp3) is 0.321. The molecule has 4 aromatic rings. The maximum atomic E-state index is 11.4. The van der Waals surface area contributed by atoms with Crippen LogP contribution in [0.15, 0.2) is 70.5 Å². The van der Waals surface area contributed by atoms with E-state index >= 15 is 0 Å². The second kappa shape index (κ2) is 9.74. The smallest absolute Gasteiger partial charge is 0.303 e. The van der Waals surface area contributed by atoms with Gasteiger partial charge in [-0.25, -0.2) is 0 Å². The molecule has 1 heterocycles. The Kier molecular flexibility index (Phi) is 6.52. The van der Waals surface area contributed by atoms with E-state index in [9.17, 15) is 15.0 Å². The van der Waals surface area contributed by atoms with Gasteiger partial charge in [-0.15, -0.1) is 15.0 Å². The minimum absolute atomic E-state index is 0.0367. The second-order valence-corrected chi connectivity index (χ2v) is 10.7. The highest BCUT2D eigenvalue weighted by Gasteiger charge is 2.33. The van der Waals surface area contributed by atoms with Gasteiger partial charge < -0.3 is 10.2 Å². The fourth-order valence-electron chi connectivity index (χ4n) is 4.98. The van der Waals surface area contributed by atoms with Crippen LogP contribution in [0.1, 0.15) is 56.6 Å². The fourth-order valence-corrected chi connectivity index (χ4v) is 5.85. The first-order valence-corrected chi connectivity index (χ1v) is 12.9. The zero-order valence-electron chi connectivity index (χ0n) is 19.8. The van der Waals surface area contributed by atoms with Gasteiger partial charge in [-0.2, -0.15) is 0 Å². The summed E-state index contributed by atoms with van der Waals surface area (Å²) in [6.45, 7) is 2.20. The summed E-state index contributed by atoms with van der Waals surface area (Å²) < 4.78 is 0. The van der Waals surface area contributed by atoms with Crippen LogP contribution in [0.5, 0.6) is 5.75 Å². The van der Waals surface area contributed by atoms with Crippen LogP contribution in [-0.4, -0.2) is 31.2 Å². The van der Waals surface area contributed by atoms with Crippen molar-refractivity contribution in [1.29, 1.82) is 0 Å². The highest BCUT2D eigenvalue weighted by atomic mass is 32.2. The van der Waals surface area contributed by atoms with E-state index in [1.165, 1.54) is 11.2 Å². The molecule has 6 nitrogen and oxygen atoms in total. The molecule has 0 spiro atoms. The normalized spacial score (nSPS) is 15.3. The Hall–Kier alpha value is -3.32. The standard InChI is InChI=1S/C28H29N3O3S/c1-28(14-6-3-7-15-28)22-16-19(10-13-26(32)33)17-25(27(22)34)31-29-23-12-11-21(18-24(23)30-31)35-20-8-4-2-5-9-20/h2,4-5,8-9,11-12,16-18,34H,3,6-7,10,13-15H2,1H3,(H,32,33). The molecule has 0 unspecified atom stereocenters. The van der Waals surface area contributed by atoms with Crippen LogP contribution >= 0.6 is 11.8 Å². The number of carbonyl (C=O) groups is 1. The molecule has 1 aliphatic carbocycles. The van der Waals surface area contributed by atoms with Crippen molar-refractivity contribution >= 4 is 28.8 Å². The number of aryl methyl sites for hydroxylation is 1. The first-order valence-electron chi connectivity index (χ1n) is 12.1. The van der Waals surface area contributed by atoms with E-state index in [0.29, 0.717) is 12.1 Å². The van der Waals surface area contributed by atoms with Crippen molar-refractivity contribution in [2.24, 2.45) is 0 Å². The molecule has 1 aromatic heterocycles. The second-order valence-electron chi connectivity index (χ2n) is 9.58. The monoisotopic (exact) mass is 487 g/mol. The number of aromatic hydroxyl groups is 1. The van der Waals surface area contributed by atoms with E-state index in [0.717, 1.165) is 57.6 Å². The third kappa shape index (κ3) is 5.05. The number of fused-ring (bicyclic) bond motifs is 1. The van der Waals surface area contributed by atoms with E-state index in [1.807, 2.05) is 48.5 Å². The molecule has 180 valence electrons. The van der Waals surface area contributed by atoms with Crippen molar-refractivity contribution in [2.45, 2.75) is 67.1 Å². The maximum Gasteiger partial charge on any atom is 0.303 e. The van der Waals surface area contributed by atoms with Crippen molar-refractivity contribution in [3.63, 3.8) is 0 Å². The van der Waals surface area contributed by atoms with Gasteiger partial charge in [-0.3, -0.25) is 4.79 Å². The van der Waals surface area contributed by atoms with Crippen LogP contribution < -0.4 is 0 Å². The number of carboxylic acids is 1. The molecule has 0 atom stereocenters. The average molecular weight is 488 g/mol. The van der Waals surface area contributed by atoms with E-state index < -0.39 is 5.97 Å². The minimum atomic E-state index is -0.837. The van der Waals surface area contributed by atoms with Crippen molar-refractivity contribution in [1.82, 2.24) is 15.0 Å². The molecule has 2 N–H and O–H groups in total. The molecule has 0 amide bonds. The Morgan fingerprint density at radius 2 is 1.71 bits per heavy atom. The molecule has 0 aliphatic heterocycles. The lowest BCUT2D eigenvalue weighted by molar-refractivity contribution is -0.136. The molecular formula is C28H29N3O3S. The minimum Gasteiger partial charge on any atom is -0.505 e. The Labute approximate surface area is 209 Å². The number of aliphatic carboxylic acids is 1. The third-order valence-electron chi connectivity index (χ3n) is 6.93. The SMILES string of the molecule is CC1(c2cc(CCC(=O)O)cc(-n3nc4ccc(Sc5ccccc5)cc4n3)c2O)CCCCC1. The number of rotatable bonds is 7. The van der Waals surface area contributed by atoms with Gasteiger partial charge in [0, 0.05) is 21.8 Å². The molecule has 1 fully saturated rings. The zero-order valence-corrected chi connectivity index (χ0v) is 20.6. The summed E-state index contributed by atoms with van der Waals surface area (Å²) in [7, 11) is 0. The van der Waals surface area contributed by atoms with Gasteiger partial charge in [-0.05, 0) is 66.6 Å². The van der Waals surface area contributed by atoms with Crippen molar-refractivity contribution in [3.05, 3.63) is 71.8 Å². The molecule has 0 radical (unpaired) electrons. The summed E-state index contributed by atoms with van der Waals surface area (Å²) in [5, 5.41) is 30.0. The van der Waals surface area contributed by atoms with Crippen LogP contribution in [0.4, 0.5) is 0 Å². The van der Waals surface area contributed by atoms with Crippen LogP contribution in [0.25, 0.3) is 16.7 Å². The molecule has 0 saturated heterocycles. The summed E-state index contributed by atoms with van der Waals surface area (Å²) >= 11 is 1.66. The lowest BCUT2D eigenvalue weighted by Gasteiger charge is -2.35. The van der Waals surface area contributed by atoms with Gasteiger partial charge in [0.15, 0.2) is 0 Å². The summed E-state index contributed by atoms with van der Waals surface area (Å²) in [6.07, 6.45) is 5.87. The Morgan fingerprint density at radius 1 is 0.971 bits per heavy atom. The van der Waals surface area contributed by atoms with E-state index in [4.69, 9.17) is 5.10 Å². The number of benzene rings is 3. The number of phenols is 1. The molecule has 1 saturated carbocycles. The van der Waals surface area contributed by atoms with Gasteiger partial charge in [0.25, 0.3) is 0 Å². The number of hydrogen-bond donors (Lipinski definition) is 2.